The fourth-order valence-electron chi connectivity index (χ4n) is 2.78. The number of anilines is 2. The van der Waals surface area contributed by atoms with Crippen molar-refractivity contribution in [3.05, 3.63) is 77.0 Å². The van der Waals surface area contributed by atoms with E-state index in [1.807, 2.05) is 13.0 Å². The molecule has 0 fully saturated rings. The summed E-state index contributed by atoms with van der Waals surface area (Å²) < 4.78 is 38.6. The SMILES string of the molecule is Cc1ccc(NC(=O)c2cccc(C(F)(F)F)c2)cc1-c1cc(C#N)cnc1N. The maximum atomic E-state index is 12.9. The number of nitrogen functional groups attached to an aromatic ring is 1. The van der Waals surface area contributed by atoms with Crippen molar-refractivity contribution in [2.45, 2.75) is 13.1 Å². The molecular weight excluding hydrogens is 381 g/mol. The van der Waals surface area contributed by atoms with E-state index in [9.17, 15) is 18.0 Å². The van der Waals surface area contributed by atoms with Gasteiger partial charge in [-0.25, -0.2) is 4.98 Å². The number of carbonyl (C=O) groups excluding carboxylic acids is 1. The number of benzene rings is 2. The average molecular weight is 396 g/mol. The second-order valence-electron chi connectivity index (χ2n) is 6.33. The number of nitrogens with zero attached hydrogens (tertiary/aromatic N) is 2. The van der Waals surface area contributed by atoms with Gasteiger partial charge in [0, 0.05) is 23.0 Å². The average Bonchev–Trinajstić information content (AvgIpc) is 2.69. The van der Waals surface area contributed by atoms with Crippen LogP contribution in [0.15, 0.2) is 54.7 Å². The topological polar surface area (TPSA) is 91.8 Å². The predicted molar refractivity (Wildman–Crippen MR) is 103 cm³/mol. The van der Waals surface area contributed by atoms with Crippen molar-refractivity contribution < 1.29 is 18.0 Å². The molecule has 146 valence electrons. The zero-order chi connectivity index (χ0) is 21.2. The summed E-state index contributed by atoms with van der Waals surface area (Å²) in [5, 5.41) is 11.7. The highest BCUT2D eigenvalue weighted by atomic mass is 19.4. The molecule has 0 unspecified atom stereocenters. The number of amides is 1. The Morgan fingerprint density at radius 2 is 1.90 bits per heavy atom. The summed E-state index contributed by atoms with van der Waals surface area (Å²) in [6.07, 6.45) is -3.18. The largest absolute Gasteiger partial charge is 0.416 e. The number of pyridine rings is 1. The molecule has 29 heavy (non-hydrogen) atoms. The van der Waals surface area contributed by atoms with Crippen LogP contribution < -0.4 is 11.1 Å². The van der Waals surface area contributed by atoms with E-state index in [1.54, 1.807) is 24.3 Å². The summed E-state index contributed by atoms with van der Waals surface area (Å²) in [4.78, 5) is 16.4. The van der Waals surface area contributed by atoms with Crippen LogP contribution in [0.25, 0.3) is 11.1 Å². The number of nitrogens with one attached hydrogen (secondary N) is 1. The number of nitriles is 1. The van der Waals surface area contributed by atoms with Crippen LogP contribution in [0.5, 0.6) is 0 Å². The lowest BCUT2D eigenvalue weighted by Crippen LogP contribution is -2.14. The molecule has 0 aliphatic heterocycles. The molecular formula is C21H15F3N4O. The van der Waals surface area contributed by atoms with E-state index < -0.39 is 17.6 Å². The zero-order valence-corrected chi connectivity index (χ0v) is 15.2. The van der Waals surface area contributed by atoms with Crippen molar-refractivity contribution in [3.63, 3.8) is 0 Å². The smallest absolute Gasteiger partial charge is 0.383 e. The third kappa shape index (κ3) is 4.35. The van der Waals surface area contributed by atoms with E-state index in [0.717, 1.165) is 17.7 Å². The van der Waals surface area contributed by atoms with Crippen LogP contribution in [0.4, 0.5) is 24.7 Å². The van der Waals surface area contributed by atoms with Crippen molar-refractivity contribution in [1.29, 1.82) is 5.26 Å². The molecule has 2 aromatic carbocycles. The number of aryl methyl sites for hydroxylation is 1. The molecule has 8 heteroatoms. The first-order valence-electron chi connectivity index (χ1n) is 8.44. The monoisotopic (exact) mass is 396 g/mol. The molecule has 0 aliphatic rings. The van der Waals surface area contributed by atoms with Crippen molar-refractivity contribution in [2.75, 3.05) is 11.1 Å². The summed E-state index contributed by atoms with van der Waals surface area (Å²) in [5.41, 5.74) is 7.61. The summed E-state index contributed by atoms with van der Waals surface area (Å²) in [7, 11) is 0. The number of nitrogens with two attached hydrogens (primary N) is 1. The summed E-state index contributed by atoms with van der Waals surface area (Å²) in [5.74, 6) is -0.462. The fraction of sp³-hybridized carbons (Fsp3) is 0.0952. The molecule has 0 spiro atoms. The number of alkyl halides is 3. The van der Waals surface area contributed by atoms with Gasteiger partial charge < -0.3 is 11.1 Å². The van der Waals surface area contributed by atoms with Crippen LogP contribution in [0, 0.1) is 18.3 Å². The lowest BCUT2D eigenvalue weighted by molar-refractivity contribution is -0.137. The van der Waals surface area contributed by atoms with Gasteiger partial charge >= 0.3 is 6.18 Å². The van der Waals surface area contributed by atoms with Gasteiger partial charge in [0.1, 0.15) is 11.9 Å². The Hall–Kier alpha value is -3.86. The van der Waals surface area contributed by atoms with Gasteiger partial charge in [-0.15, -0.1) is 0 Å². The van der Waals surface area contributed by atoms with Crippen molar-refractivity contribution >= 4 is 17.4 Å². The van der Waals surface area contributed by atoms with Crippen molar-refractivity contribution in [1.82, 2.24) is 4.98 Å². The molecule has 0 bridgehead atoms. The number of carbonyl (C=O) groups is 1. The normalized spacial score (nSPS) is 11.0. The van der Waals surface area contributed by atoms with Gasteiger partial charge in [-0.3, -0.25) is 4.79 Å². The summed E-state index contributed by atoms with van der Waals surface area (Å²) in [6.45, 7) is 1.83. The molecule has 5 nitrogen and oxygen atoms in total. The van der Waals surface area contributed by atoms with Crippen molar-refractivity contribution in [3.8, 4) is 17.2 Å². The van der Waals surface area contributed by atoms with Crippen LogP contribution in [-0.2, 0) is 6.18 Å². The van der Waals surface area contributed by atoms with Gasteiger partial charge in [-0.05, 0) is 54.4 Å². The van der Waals surface area contributed by atoms with E-state index in [4.69, 9.17) is 11.0 Å². The molecule has 3 N–H and O–H groups in total. The first kappa shape index (κ1) is 19.9. The van der Waals surface area contributed by atoms with E-state index in [1.165, 1.54) is 18.3 Å². The van der Waals surface area contributed by atoms with E-state index >= 15 is 0 Å². The van der Waals surface area contributed by atoms with Gasteiger partial charge in [0.25, 0.3) is 5.91 Å². The number of aromatic nitrogens is 1. The lowest BCUT2D eigenvalue weighted by Gasteiger charge is -2.13. The second kappa shape index (κ2) is 7.64. The Morgan fingerprint density at radius 1 is 1.14 bits per heavy atom. The number of halogens is 3. The Kier molecular flexibility index (Phi) is 5.24. The molecule has 3 rings (SSSR count). The van der Waals surface area contributed by atoms with Crippen LogP contribution in [0.1, 0.15) is 27.0 Å². The zero-order valence-electron chi connectivity index (χ0n) is 15.2. The van der Waals surface area contributed by atoms with Gasteiger partial charge in [0.15, 0.2) is 0 Å². The van der Waals surface area contributed by atoms with E-state index in [2.05, 4.69) is 10.3 Å². The molecule has 0 atom stereocenters. The molecule has 1 amide bonds. The summed E-state index contributed by atoms with van der Waals surface area (Å²) >= 11 is 0. The Labute approximate surface area is 164 Å². The molecule has 1 aromatic heterocycles. The highest BCUT2D eigenvalue weighted by Gasteiger charge is 2.30. The highest BCUT2D eigenvalue weighted by molar-refractivity contribution is 6.04. The maximum absolute atomic E-state index is 12.9. The number of hydrogen-bond acceptors (Lipinski definition) is 4. The standard InChI is InChI=1S/C21H15F3N4O/c1-12-5-6-16(9-17(12)18-7-13(10-25)11-27-19(18)26)28-20(29)14-3-2-4-15(8-14)21(22,23)24/h2-9,11H,1H3,(H2,26,27)(H,28,29). The number of hydrogen-bond donors (Lipinski definition) is 2. The van der Waals surface area contributed by atoms with E-state index in [-0.39, 0.29) is 11.4 Å². The second-order valence-corrected chi connectivity index (χ2v) is 6.33. The molecule has 0 saturated heterocycles. The van der Waals surface area contributed by atoms with Gasteiger partial charge in [-0.1, -0.05) is 12.1 Å². The molecule has 0 saturated carbocycles. The Bertz CT molecular complexity index is 1130. The lowest BCUT2D eigenvalue weighted by atomic mass is 9.99. The van der Waals surface area contributed by atoms with Crippen LogP contribution in [0.3, 0.4) is 0 Å². The quantitative estimate of drug-likeness (QED) is 0.666. The van der Waals surface area contributed by atoms with Crippen LogP contribution in [-0.4, -0.2) is 10.9 Å². The molecule has 1 heterocycles. The van der Waals surface area contributed by atoms with Gasteiger partial charge in [-0.2, -0.15) is 18.4 Å². The Morgan fingerprint density at radius 3 is 2.59 bits per heavy atom. The maximum Gasteiger partial charge on any atom is 0.416 e. The first-order chi connectivity index (χ1) is 13.7. The third-order valence-electron chi connectivity index (χ3n) is 4.29. The van der Waals surface area contributed by atoms with Gasteiger partial charge in [0.2, 0.25) is 0 Å². The molecule has 0 radical (unpaired) electrons. The highest BCUT2D eigenvalue weighted by Crippen LogP contribution is 2.32. The molecule has 3 aromatic rings. The van der Waals surface area contributed by atoms with Crippen molar-refractivity contribution in [2.24, 2.45) is 0 Å². The minimum atomic E-state index is -4.54. The number of rotatable bonds is 3. The minimum Gasteiger partial charge on any atom is -0.383 e. The minimum absolute atomic E-state index is 0.116. The third-order valence-corrected chi connectivity index (χ3v) is 4.29. The van der Waals surface area contributed by atoms with E-state index in [0.29, 0.717) is 22.4 Å². The predicted octanol–water partition coefficient (Wildman–Crippen LogP) is 4.78. The fourth-order valence-corrected chi connectivity index (χ4v) is 2.78. The van der Waals surface area contributed by atoms with Crippen LogP contribution in [0.2, 0.25) is 0 Å². The van der Waals surface area contributed by atoms with Gasteiger partial charge in [0.05, 0.1) is 11.1 Å². The first-order valence-corrected chi connectivity index (χ1v) is 8.44. The Balaban J connectivity index is 1.93. The molecule has 0 aliphatic carbocycles. The summed E-state index contributed by atoms with van der Waals surface area (Å²) in [6, 6.07) is 12.7. The van der Waals surface area contributed by atoms with Crippen LogP contribution >= 0.6 is 0 Å².